The number of carbonyl (C=O) groups is 2. The number of nitrogens with one attached hydrogen (secondary N) is 1. The normalized spacial score (nSPS) is 17.3. The van der Waals surface area contributed by atoms with Crippen LogP contribution in [-0.4, -0.2) is 41.5 Å². The molecule has 3 heterocycles. The molecule has 3 aromatic rings. The summed E-state index contributed by atoms with van der Waals surface area (Å²) in [5, 5.41) is 4.87. The van der Waals surface area contributed by atoms with Crippen LogP contribution in [0.25, 0.3) is 10.2 Å². The van der Waals surface area contributed by atoms with Gasteiger partial charge < -0.3 is 15.1 Å². The third kappa shape index (κ3) is 4.45. The first-order valence-corrected chi connectivity index (χ1v) is 12.2. The molecule has 0 saturated carbocycles. The van der Waals surface area contributed by atoms with Crippen LogP contribution in [0.4, 0.5) is 10.5 Å². The summed E-state index contributed by atoms with van der Waals surface area (Å²) < 4.78 is 1.16. The minimum absolute atomic E-state index is 0.0293. The van der Waals surface area contributed by atoms with Crippen LogP contribution >= 0.6 is 22.9 Å². The standard InChI is InChI=1S/C24H25ClN4O2S/c25-18-5-8-21-20(14-18)27-23(32-21)17-9-12-28(13-10-17)24(31)26-15-16-3-6-19(7-4-16)29-11-1-2-22(29)30/h3-8,14,17H,1-2,9-13,15H2,(H,26,31). The van der Waals surface area contributed by atoms with Crippen molar-refractivity contribution in [2.45, 2.75) is 38.1 Å². The number of amides is 3. The van der Waals surface area contributed by atoms with Crippen molar-refractivity contribution in [3.8, 4) is 0 Å². The van der Waals surface area contributed by atoms with Crippen LogP contribution in [-0.2, 0) is 11.3 Å². The zero-order chi connectivity index (χ0) is 22.1. The predicted molar refractivity (Wildman–Crippen MR) is 128 cm³/mol. The van der Waals surface area contributed by atoms with Gasteiger partial charge in [0.1, 0.15) is 0 Å². The Labute approximate surface area is 196 Å². The summed E-state index contributed by atoms with van der Waals surface area (Å²) in [6, 6.07) is 13.7. The lowest BCUT2D eigenvalue weighted by Crippen LogP contribution is -2.43. The summed E-state index contributed by atoms with van der Waals surface area (Å²) in [7, 11) is 0. The third-order valence-corrected chi connectivity index (χ3v) is 7.70. The Morgan fingerprint density at radius 1 is 1.12 bits per heavy atom. The Hall–Kier alpha value is -2.64. The number of thiazole rings is 1. The number of fused-ring (bicyclic) bond motifs is 1. The molecule has 0 bridgehead atoms. The van der Waals surface area contributed by atoms with Crippen LogP contribution in [0.15, 0.2) is 42.5 Å². The number of hydrogen-bond acceptors (Lipinski definition) is 4. The predicted octanol–water partition coefficient (Wildman–Crippen LogP) is 5.17. The van der Waals surface area contributed by atoms with Crippen molar-refractivity contribution < 1.29 is 9.59 Å². The average molecular weight is 469 g/mol. The number of nitrogens with zero attached hydrogens (tertiary/aromatic N) is 3. The summed E-state index contributed by atoms with van der Waals surface area (Å²) in [4.78, 5) is 33.0. The smallest absolute Gasteiger partial charge is 0.317 e. The van der Waals surface area contributed by atoms with E-state index in [1.165, 1.54) is 0 Å². The number of urea groups is 1. The fourth-order valence-corrected chi connectivity index (χ4v) is 5.71. The molecule has 3 amide bonds. The summed E-state index contributed by atoms with van der Waals surface area (Å²) in [6.07, 6.45) is 3.38. The summed E-state index contributed by atoms with van der Waals surface area (Å²) in [6.45, 7) is 2.72. The van der Waals surface area contributed by atoms with E-state index >= 15 is 0 Å². The molecule has 2 aliphatic rings. The number of likely N-dealkylation sites (tertiary alicyclic amines) is 1. The molecule has 166 valence electrons. The van der Waals surface area contributed by atoms with Crippen molar-refractivity contribution in [1.82, 2.24) is 15.2 Å². The maximum Gasteiger partial charge on any atom is 0.317 e. The first kappa shape index (κ1) is 21.2. The van der Waals surface area contributed by atoms with Crippen molar-refractivity contribution in [2.75, 3.05) is 24.5 Å². The van der Waals surface area contributed by atoms with Gasteiger partial charge in [-0.1, -0.05) is 23.7 Å². The van der Waals surface area contributed by atoms with E-state index in [0.717, 1.165) is 65.4 Å². The van der Waals surface area contributed by atoms with E-state index in [-0.39, 0.29) is 11.9 Å². The Bertz CT molecular complexity index is 1140. The molecule has 2 saturated heterocycles. The van der Waals surface area contributed by atoms with Gasteiger partial charge in [0.25, 0.3) is 0 Å². The van der Waals surface area contributed by atoms with Crippen molar-refractivity contribution >= 4 is 50.8 Å². The molecular formula is C24H25ClN4O2S. The Balaban J connectivity index is 1.12. The zero-order valence-corrected chi connectivity index (χ0v) is 19.3. The Morgan fingerprint density at radius 2 is 1.91 bits per heavy atom. The molecule has 2 aliphatic heterocycles. The molecule has 32 heavy (non-hydrogen) atoms. The lowest BCUT2D eigenvalue weighted by atomic mass is 9.98. The first-order chi connectivity index (χ1) is 15.6. The highest BCUT2D eigenvalue weighted by molar-refractivity contribution is 7.18. The van der Waals surface area contributed by atoms with E-state index in [1.54, 1.807) is 11.3 Å². The van der Waals surface area contributed by atoms with Gasteiger partial charge in [0.2, 0.25) is 5.91 Å². The highest BCUT2D eigenvalue weighted by Crippen LogP contribution is 2.34. The van der Waals surface area contributed by atoms with Gasteiger partial charge in [-0.15, -0.1) is 11.3 Å². The number of piperidine rings is 1. The number of hydrogen-bond donors (Lipinski definition) is 1. The molecule has 0 atom stereocenters. The van der Waals surface area contributed by atoms with Crippen LogP contribution in [0.3, 0.4) is 0 Å². The van der Waals surface area contributed by atoms with Gasteiger partial charge in [0.05, 0.1) is 15.2 Å². The molecule has 2 aromatic carbocycles. The second-order valence-corrected chi connectivity index (χ2v) is 9.90. The van der Waals surface area contributed by atoms with Crippen LogP contribution < -0.4 is 10.2 Å². The molecule has 1 aromatic heterocycles. The van der Waals surface area contributed by atoms with Crippen molar-refractivity contribution in [2.24, 2.45) is 0 Å². The van der Waals surface area contributed by atoms with E-state index in [4.69, 9.17) is 16.6 Å². The van der Waals surface area contributed by atoms with E-state index in [0.29, 0.717) is 23.9 Å². The fraction of sp³-hybridized carbons (Fsp3) is 0.375. The van der Waals surface area contributed by atoms with Gasteiger partial charge in [0, 0.05) is 49.2 Å². The summed E-state index contributed by atoms with van der Waals surface area (Å²) >= 11 is 7.81. The van der Waals surface area contributed by atoms with Crippen LogP contribution in [0.2, 0.25) is 5.02 Å². The van der Waals surface area contributed by atoms with E-state index in [1.807, 2.05) is 52.3 Å². The van der Waals surface area contributed by atoms with E-state index < -0.39 is 0 Å². The molecule has 0 unspecified atom stereocenters. The van der Waals surface area contributed by atoms with Crippen molar-refractivity contribution in [3.63, 3.8) is 0 Å². The summed E-state index contributed by atoms with van der Waals surface area (Å²) in [5.41, 5.74) is 2.91. The largest absolute Gasteiger partial charge is 0.334 e. The van der Waals surface area contributed by atoms with Crippen LogP contribution in [0.1, 0.15) is 42.2 Å². The molecule has 0 aliphatic carbocycles. The number of aromatic nitrogens is 1. The molecule has 6 nitrogen and oxygen atoms in total. The van der Waals surface area contributed by atoms with Gasteiger partial charge in [-0.05, 0) is 55.2 Å². The minimum atomic E-state index is -0.0293. The average Bonchev–Trinajstić information content (AvgIpc) is 3.43. The Kier molecular flexibility index (Phi) is 6.02. The lowest BCUT2D eigenvalue weighted by Gasteiger charge is -2.31. The molecular weight excluding hydrogens is 444 g/mol. The number of benzene rings is 2. The number of carbonyl (C=O) groups excluding carboxylic acids is 2. The van der Waals surface area contributed by atoms with Crippen molar-refractivity contribution in [3.05, 3.63) is 58.1 Å². The lowest BCUT2D eigenvalue weighted by molar-refractivity contribution is -0.117. The molecule has 2 fully saturated rings. The van der Waals surface area contributed by atoms with Gasteiger partial charge in [0.15, 0.2) is 0 Å². The third-order valence-electron chi connectivity index (χ3n) is 6.26. The molecule has 5 rings (SSSR count). The number of rotatable bonds is 4. The molecule has 1 N–H and O–H groups in total. The maximum atomic E-state index is 12.6. The molecule has 0 radical (unpaired) electrons. The molecule has 8 heteroatoms. The second kappa shape index (κ2) is 9.08. The van der Waals surface area contributed by atoms with Gasteiger partial charge in [-0.3, -0.25) is 4.79 Å². The number of halogens is 1. The fourth-order valence-electron chi connectivity index (χ4n) is 4.43. The van der Waals surface area contributed by atoms with E-state index in [2.05, 4.69) is 5.32 Å². The molecule has 0 spiro atoms. The van der Waals surface area contributed by atoms with Gasteiger partial charge >= 0.3 is 6.03 Å². The van der Waals surface area contributed by atoms with Crippen molar-refractivity contribution in [1.29, 1.82) is 0 Å². The quantitative estimate of drug-likeness (QED) is 0.574. The van der Waals surface area contributed by atoms with Crippen LogP contribution in [0.5, 0.6) is 0 Å². The zero-order valence-electron chi connectivity index (χ0n) is 17.7. The second-order valence-electron chi connectivity index (χ2n) is 8.40. The first-order valence-electron chi connectivity index (χ1n) is 11.0. The maximum absolute atomic E-state index is 12.6. The van der Waals surface area contributed by atoms with Gasteiger partial charge in [-0.25, -0.2) is 9.78 Å². The monoisotopic (exact) mass is 468 g/mol. The highest BCUT2D eigenvalue weighted by atomic mass is 35.5. The Morgan fingerprint density at radius 3 is 2.62 bits per heavy atom. The SMILES string of the molecule is O=C(NCc1ccc(N2CCCC2=O)cc1)N1CCC(c2nc3cc(Cl)ccc3s2)CC1. The minimum Gasteiger partial charge on any atom is -0.334 e. The van der Waals surface area contributed by atoms with Crippen LogP contribution in [0, 0.1) is 0 Å². The van der Waals surface area contributed by atoms with E-state index in [9.17, 15) is 9.59 Å². The topological polar surface area (TPSA) is 65.5 Å². The van der Waals surface area contributed by atoms with Gasteiger partial charge in [-0.2, -0.15) is 0 Å². The highest BCUT2D eigenvalue weighted by Gasteiger charge is 2.26. The summed E-state index contributed by atoms with van der Waals surface area (Å²) in [5.74, 6) is 0.570. The number of anilines is 1.